The van der Waals surface area contributed by atoms with E-state index in [-0.39, 0.29) is 10.7 Å². The van der Waals surface area contributed by atoms with Gasteiger partial charge < -0.3 is 10.6 Å². The van der Waals surface area contributed by atoms with E-state index in [0.29, 0.717) is 26.2 Å². The Morgan fingerprint density at radius 1 is 1.16 bits per heavy atom. The molecular weight excluding hydrogens is 282 g/mol. The summed E-state index contributed by atoms with van der Waals surface area (Å²) in [7, 11) is -3.35. The third kappa shape index (κ3) is 3.65. The van der Waals surface area contributed by atoms with Gasteiger partial charge in [-0.05, 0) is 12.1 Å². The van der Waals surface area contributed by atoms with Crippen LogP contribution in [0.15, 0.2) is 30.3 Å². The molecule has 5 nitrogen and oxygen atoms in total. The second-order valence-corrected chi connectivity index (χ2v) is 6.94. The number of nitrogens with zero attached hydrogens (tertiary/aromatic N) is 2. The molecule has 1 saturated heterocycles. The number of thiocarbonyl (C=S) groups is 1. The molecule has 1 aromatic rings. The lowest BCUT2D eigenvalue weighted by molar-refractivity contribution is 0.387. The highest BCUT2D eigenvalue weighted by Crippen LogP contribution is 2.17. The van der Waals surface area contributed by atoms with E-state index < -0.39 is 10.0 Å². The molecule has 1 aliphatic rings. The zero-order valence-corrected chi connectivity index (χ0v) is 12.2. The molecule has 1 heterocycles. The Balaban J connectivity index is 1.98. The fraction of sp³-hybridized carbons (Fsp3) is 0.417. The van der Waals surface area contributed by atoms with Crippen molar-refractivity contribution in [2.24, 2.45) is 5.73 Å². The van der Waals surface area contributed by atoms with Crippen molar-refractivity contribution in [3.05, 3.63) is 30.3 Å². The predicted octanol–water partition coefficient (Wildman–Crippen LogP) is 0.425. The Hall–Kier alpha value is -1.18. The highest BCUT2D eigenvalue weighted by atomic mass is 32.2. The molecule has 104 valence electrons. The molecule has 0 atom stereocenters. The van der Waals surface area contributed by atoms with Crippen LogP contribution in [0.1, 0.15) is 0 Å². The molecule has 0 saturated carbocycles. The summed E-state index contributed by atoms with van der Waals surface area (Å²) >= 11 is 4.67. The summed E-state index contributed by atoms with van der Waals surface area (Å²) < 4.78 is 25.4. The van der Waals surface area contributed by atoms with Gasteiger partial charge in [-0.25, -0.2) is 8.42 Å². The van der Waals surface area contributed by atoms with Gasteiger partial charge in [-0.2, -0.15) is 4.31 Å². The molecule has 0 aromatic heterocycles. The van der Waals surface area contributed by atoms with Crippen LogP contribution in [0.3, 0.4) is 0 Å². The van der Waals surface area contributed by atoms with Gasteiger partial charge in [0.25, 0.3) is 0 Å². The minimum absolute atomic E-state index is 0.0190. The van der Waals surface area contributed by atoms with E-state index in [1.165, 1.54) is 4.31 Å². The predicted molar refractivity (Wildman–Crippen MR) is 80.8 cm³/mol. The normalized spacial score (nSPS) is 17.4. The summed E-state index contributed by atoms with van der Waals surface area (Å²) in [6, 6.07) is 9.97. The smallest absolute Gasteiger partial charge is 0.220 e. The summed E-state index contributed by atoms with van der Waals surface area (Å²) in [5, 5.41) is 0. The molecular formula is C12H17N3O2S2. The highest BCUT2D eigenvalue weighted by Gasteiger charge is 2.27. The Morgan fingerprint density at radius 3 is 2.26 bits per heavy atom. The van der Waals surface area contributed by atoms with Crippen LogP contribution in [-0.2, 0) is 10.0 Å². The standard InChI is InChI=1S/C12H17N3O2S2/c13-12(18)10-19(16,17)15-8-6-14(7-9-15)11-4-2-1-3-5-11/h1-5H,6-10H2,(H2,13,18). The third-order valence-electron chi connectivity index (χ3n) is 3.08. The van der Waals surface area contributed by atoms with Crippen LogP contribution in [0.2, 0.25) is 0 Å². The van der Waals surface area contributed by atoms with Crippen molar-refractivity contribution in [3.63, 3.8) is 0 Å². The van der Waals surface area contributed by atoms with Crippen molar-refractivity contribution in [1.29, 1.82) is 0 Å². The van der Waals surface area contributed by atoms with Crippen LogP contribution in [-0.4, -0.2) is 49.6 Å². The number of benzene rings is 1. The van der Waals surface area contributed by atoms with Crippen LogP contribution in [0.25, 0.3) is 0 Å². The lowest BCUT2D eigenvalue weighted by atomic mass is 10.2. The van der Waals surface area contributed by atoms with Gasteiger partial charge in [-0.1, -0.05) is 30.4 Å². The van der Waals surface area contributed by atoms with E-state index in [1.807, 2.05) is 30.3 Å². The molecule has 1 fully saturated rings. The zero-order chi connectivity index (χ0) is 13.9. The molecule has 0 bridgehead atoms. The number of rotatable bonds is 4. The van der Waals surface area contributed by atoms with Gasteiger partial charge in [-0.3, -0.25) is 0 Å². The number of anilines is 1. The van der Waals surface area contributed by atoms with E-state index in [4.69, 9.17) is 5.73 Å². The fourth-order valence-electron chi connectivity index (χ4n) is 2.13. The monoisotopic (exact) mass is 299 g/mol. The van der Waals surface area contributed by atoms with Crippen molar-refractivity contribution in [2.45, 2.75) is 0 Å². The van der Waals surface area contributed by atoms with E-state index in [1.54, 1.807) is 0 Å². The molecule has 7 heteroatoms. The van der Waals surface area contributed by atoms with E-state index in [9.17, 15) is 8.42 Å². The summed E-state index contributed by atoms with van der Waals surface area (Å²) in [5.74, 6) is -0.242. The molecule has 0 unspecified atom stereocenters. The Bertz CT molecular complexity index is 537. The van der Waals surface area contributed by atoms with Gasteiger partial charge in [0.2, 0.25) is 10.0 Å². The largest absolute Gasteiger partial charge is 0.392 e. The molecule has 0 aliphatic carbocycles. The van der Waals surface area contributed by atoms with Crippen LogP contribution in [0.5, 0.6) is 0 Å². The van der Waals surface area contributed by atoms with Gasteiger partial charge in [0, 0.05) is 31.9 Å². The van der Waals surface area contributed by atoms with Crippen LogP contribution >= 0.6 is 12.2 Å². The lowest BCUT2D eigenvalue weighted by Gasteiger charge is -2.35. The minimum atomic E-state index is -3.35. The van der Waals surface area contributed by atoms with Crippen LogP contribution < -0.4 is 10.6 Å². The number of hydrogen-bond acceptors (Lipinski definition) is 4. The van der Waals surface area contributed by atoms with Crippen LogP contribution in [0, 0.1) is 0 Å². The average molecular weight is 299 g/mol. The second-order valence-electron chi connectivity index (χ2n) is 4.44. The minimum Gasteiger partial charge on any atom is -0.392 e. The van der Waals surface area contributed by atoms with Crippen molar-refractivity contribution >= 4 is 32.9 Å². The first-order chi connectivity index (χ1) is 8.99. The first-order valence-electron chi connectivity index (χ1n) is 6.05. The van der Waals surface area contributed by atoms with Gasteiger partial charge >= 0.3 is 0 Å². The first-order valence-corrected chi connectivity index (χ1v) is 8.07. The van der Waals surface area contributed by atoms with E-state index in [0.717, 1.165) is 5.69 Å². The third-order valence-corrected chi connectivity index (χ3v) is 5.23. The molecule has 0 amide bonds. The Kier molecular flexibility index (Phi) is 4.38. The first kappa shape index (κ1) is 14.2. The van der Waals surface area contributed by atoms with Gasteiger partial charge in [-0.15, -0.1) is 0 Å². The van der Waals surface area contributed by atoms with Gasteiger partial charge in [0.1, 0.15) is 5.75 Å². The van der Waals surface area contributed by atoms with Gasteiger partial charge in [0.05, 0.1) is 4.99 Å². The maximum atomic E-state index is 12.0. The molecule has 19 heavy (non-hydrogen) atoms. The molecule has 2 N–H and O–H groups in total. The maximum absolute atomic E-state index is 12.0. The SMILES string of the molecule is NC(=S)CS(=O)(=O)N1CCN(c2ccccc2)CC1. The molecule has 2 rings (SSSR count). The number of nitrogens with two attached hydrogens (primary N) is 1. The topological polar surface area (TPSA) is 66.6 Å². The molecule has 0 spiro atoms. The molecule has 0 radical (unpaired) electrons. The summed E-state index contributed by atoms with van der Waals surface area (Å²) in [6.07, 6.45) is 0. The Labute approximate surface area is 119 Å². The summed E-state index contributed by atoms with van der Waals surface area (Å²) in [4.78, 5) is 2.19. The zero-order valence-electron chi connectivity index (χ0n) is 10.5. The van der Waals surface area contributed by atoms with E-state index >= 15 is 0 Å². The van der Waals surface area contributed by atoms with Crippen molar-refractivity contribution < 1.29 is 8.42 Å². The Morgan fingerprint density at radius 2 is 1.74 bits per heavy atom. The number of sulfonamides is 1. The number of piperazine rings is 1. The highest BCUT2D eigenvalue weighted by molar-refractivity contribution is 7.92. The maximum Gasteiger partial charge on any atom is 0.220 e. The lowest BCUT2D eigenvalue weighted by Crippen LogP contribution is -2.50. The summed E-state index contributed by atoms with van der Waals surface area (Å²) in [6.45, 7) is 2.31. The average Bonchev–Trinajstić information content (AvgIpc) is 2.38. The van der Waals surface area contributed by atoms with Crippen molar-refractivity contribution in [2.75, 3.05) is 36.8 Å². The second kappa shape index (κ2) is 5.85. The van der Waals surface area contributed by atoms with Crippen molar-refractivity contribution in [3.8, 4) is 0 Å². The molecule has 1 aliphatic heterocycles. The molecule has 1 aromatic carbocycles. The fourth-order valence-corrected chi connectivity index (χ4v) is 3.84. The van der Waals surface area contributed by atoms with E-state index in [2.05, 4.69) is 17.1 Å². The van der Waals surface area contributed by atoms with Crippen molar-refractivity contribution in [1.82, 2.24) is 4.31 Å². The summed E-state index contributed by atoms with van der Waals surface area (Å²) in [5.41, 5.74) is 6.44. The van der Waals surface area contributed by atoms with Gasteiger partial charge in [0.15, 0.2) is 0 Å². The number of para-hydroxylation sites is 1. The van der Waals surface area contributed by atoms with Crippen LogP contribution in [0.4, 0.5) is 5.69 Å². The number of hydrogen-bond donors (Lipinski definition) is 1. The quantitative estimate of drug-likeness (QED) is 0.817.